The lowest BCUT2D eigenvalue weighted by Crippen LogP contribution is -2.10. The first-order valence-corrected chi connectivity index (χ1v) is 5.47. The van der Waals surface area contributed by atoms with Gasteiger partial charge in [-0.25, -0.2) is 4.98 Å². The van der Waals surface area contributed by atoms with Crippen LogP contribution in [-0.4, -0.2) is 12.0 Å². The van der Waals surface area contributed by atoms with E-state index in [0.29, 0.717) is 5.15 Å². The van der Waals surface area contributed by atoms with Crippen LogP contribution in [0, 0.1) is 6.92 Å². The molecule has 0 amide bonds. The molecule has 0 aliphatic carbocycles. The van der Waals surface area contributed by atoms with E-state index in [-0.39, 0.29) is 0 Å². The quantitative estimate of drug-likeness (QED) is 0.732. The Morgan fingerprint density at radius 2 is 1.75 bits per heavy atom. The van der Waals surface area contributed by atoms with Gasteiger partial charge in [0.2, 0.25) is 0 Å². The van der Waals surface area contributed by atoms with Gasteiger partial charge < -0.3 is 4.90 Å². The summed E-state index contributed by atoms with van der Waals surface area (Å²) in [6.07, 6.45) is 0. The smallest absolute Gasteiger partial charge is 0.134 e. The monoisotopic (exact) mass is 232 g/mol. The van der Waals surface area contributed by atoms with Crippen LogP contribution in [0.5, 0.6) is 0 Å². The molecule has 0 saturated heterocycles. The number of aromatic nitrogens is 1. The molecule has 1 aromatic heterocycles. The Bertz CT molecular complexity index is 480. The van der Waals surface area contributed by atoms with E-state index in [2.05, 4.69) is 36.2 Å². The average molecular weight is 233 g/mol. The maximum atomic E-state index is 5.86. The van der Waals surface area contributed by atoms with Crippen molar-refractivity contribution in [1.29, 1.82) is 0 Å². The molecule has 0 spiro atoms. The van der Waals surface area contributed by atoms with E-state index in [9.17, 15) is 0 Å². The van der Waals surface area contributed by atoms with Crippen LogP contribution < -0.4 is 4.90 Å². The summed E-state index contributed by atoms with van der Waals surface area (Å²) < 4.78 is 0. The number of rotatable bonds is 2. The Labute approximate surface area is 101 Å². The van der Waals surface area contributed by atoms with Gasteiger partial charge in [0.1, 0.15) is 11.0 Å². The third-order valence-electron chi connectivity index (χ3n) is 2.47. The van der Waals surface area contributed by atoms with Crippen molar-refractivity contribution in [3.8, 4) is 0 Å². The fourth-order valence-corrected chi connectivity index (χ4v) is 1.64. The SMILES string of the molecule is Cc1ccc(N(C)c2cccc(Cl)n2)cc1. The molecular formula is C13H13ClN2. The summed E-state index contributed by atoms with van der Waals surface area (Å²) >= 11 is 5.86. The normalized spacial score (nSPS) is 10.2. The Morgan fingerprint density at radius 3 is 2.38 bits per heavy atom. The molecule has 0 aliphatic heterocycles. The molecule has 1 heterocycles. The number of hydrogen-bond acceptors (Lipinski definition) is 2. The highest BCUT2D eigenvalue weighted by atomic mass is 35.5. The molecule has 0 N–H and O–H groups in total. The summed E-state index contributed by atoms with van der Waals surface area (Å²) in [5.74, 6) is 0.844. The van der Waals surface area contributed by atoms with Crippen LogP contribution in [0.15, 0.2) is 42.5 Å². The standard InChI is InChI=1S/C13H13ClN2/c1-10-6-8-11(9-7-10)16(2)13-5-3-4-12(14)15-13/h3-9H,1-2H3. The van der Waals surface area contributed by atoms with Crippen molar-refractivity contribution >= 4 is 23.1 Å². The Kier molecular flexibility index (Phi) is 3.11. The van der Waals surface area contributed by atoms with Gasteiger partial charge in [-0.3, -0.25) is 0 Å². The molecule has 0 fully saturated rings. The zero-order valence-electron chi connectivity index (χ0n) is 9.31. The van der Waals surface area contributed by atoms with Crippen molar-refractivity contribution in [2.45, 2.75) is 6.92 Å². The van der Waals surface area contributed by atoms with Crippen LogP contribution in [0.1, 0.15) is 5.56 Å². The zero-order chi connectivity index (χ0) is 11.5. The molecule has 16 heavy (non-hydrogen) atoms. The predicted molar refractivity (Wildman–Crippen MR) is 68.5 cm³/mol. The molecule has 2 nitrogen and oxygen atoms in total. The van der Waals surface area contributed by atoms with Crippen molar-refractivity contribution in [1.82, 2.24) is 4.98 Å². The minimum absolute atomic E-state index is 0.511. The van der Waals surface area contributed by atoms with Crippen LogP contribution in [0.25, 0.3) is 0 Å². The molecule has 0 bridgehead atoms. The zero-order valence-corrected chi connectivity index (χ0v) is 10.1. The molecular weight excluding hydrogens is 220 g/mol. The molecule has 0 unspecified atom stereocenters. The Morgan fingerprint density at radius 1 is 1.06 bits per heavy atom. The van der Waals surface area contributed by atoms with Gasteiger partial charge in [-0.1, -0.05) is 35.4 Å². The van der Waals surface area contributed by atoms with Gasteiger partial charge >= 0.3 is 0 Å². The molecule has 2 rings (SSSR count). The van der Waals surface area contributed by atoms with Gasteiger partial charge in [-0.2, -0.15) is 0 Å². The van der Waals surface area contributed by atoms with Crippen LogP contribution in [0.3, 0.4) is 0 Å². The molecule has 0 atom stereocenters. The molecule has 0 radical (unpaired) electrons. The largest absolute Gasteiger partial charge is 0.329 e. The van der Waals surface area contributed by atoms with E-state index in [0.717, 1.165) is 11.5 Å². The lowest BCUT2D eigenvalue weighted by molar-refractivity contribution is 1.13. The van der Waals surface area contributed by atoms with Crippen molar-refractivity contribution in [2.75, 3.05) is 11.9 Å². The number of anilines is 2. The van der Waals surface area contributed by atoms with E-state index in [1.807, 2.05) is 24.1 Å². The van der Waals surface area contributed by atoms with Gasteiger partial charge in [0, 0.05) is 12.7 Å². The van der Waals surface area contributed by atoms with E-state index in [1.165, 1.54) is 5.56 Å². The maximum Gasteiger partial charge on any atom is 0.134 e. The number of benzene rings is 1. The molecule has 0 aliphatic rings. The van der Waals surface area contributed by atoms with E-state index < -0.39 is 0 Å². The summed E-state index contributed by atoms with van der Waals surface area (Å²) in [4.78, 5) is 6.27. The lowest BCUT2D eigenvalue weighted by Gasteiger charge is -2.18. The van der Waals surface area contributed by atoms with Gasteiger partial charge in [0.25, 0.3) is 0 Å². The number of hydrogen-bond donors (Lipinski definition) is 0. The topological polar surface area (TPSA) is 16.1 Å². The van der Waals surface area contributed by atoms with Crippen LogP contribution in [0.4, 0.5) is 11.5 Å². The fraction of sp³-hybridized carbons (Fsp3) is 0.154. The molecule has 3 heteroatoms. The minimum Gasteiger partial charge on any atom is -0.329 e. The first-order chi connectivity index (χ1) is 7.66. The van der Waals surface area contributed by atoms with Crippen molar-refractivity contribution < 1.29 is 0 Å². The van der Waals surface area contributed by atoms with Crippen molar-refractivity contribution in [3.63, 3.8) is 0 Å². The highest BCUT2D eigenvalue weighted by molar-refractivity contribution is 6.29. The van der Waals surface area contributed by atoms with E-state index >= 15 is 0 Å². The summed E-state index contributed by atoms with van der Waals surface area (Å²) in [7, 11) is 1.98. The first-order valence-electron chi connectivity index (χ1n) is 5.10. The molecule has 82 valence electrons. The van der Waals surface area contributed by atoms with Crippen molar-refractivity contribution in [3.05, 3.63) is 53.2 Å². The van der Waals surface area contributed by atoms with Gasteiger partial charge in [0.15, 0.2) is 0 Å². The van der Waals surface area contributed by atoms with Gasteiger partial charge in [0.05, 0.1) is 0 Å². The molecule has 0 saturated carbocycles. The highest BCUT2D eigenvalue weighted by Crippen LogP contribution is 2.22. The predicted octanol–water partition coefficient (Wildman–Crippen LogP) is 3.81. The summed E-state index contributed by atoms with van der Waals surface area (Å²) in [5, 5.41) is 0.511. The summed E-state index contributed by atoms with van der Waals surface area (Å²) in [6, 6.07) is 13.9. The maximum absolute atomic E-state index is 5.86. The van der Waals surface area contributed by atoms with Crippen LogP contribution >= 0.6 is 11.6 Å². The number of halogens is 1. The third-order valence-corrected chi connectivity index (χ3v) is 2.68. The number of nitrogens with zero attached hydrogens (tertiary/aromatic N) is 2. The second-order valence-corrected chi connectivity index (χ2v) is 4.10. The summed E-state index contributed by atoms with van der Waals surface area (Å²) in [6.45, 7) is 2.07. The first kappa shape index (κ1) is 11.0. The second-order valence-electron chi connectivity index (χ2n) is 3.71. The van der Waals surface area contributed by atoms with E-state index in [4.69, 9.17) is 11.6 Å². The van der Waals surface area contributed by atoms with Gasteiger partial charge in [-0.15, -0.1) is 0 Å². The third kappa shape index (κ3) is 2.34. The Hall–Kier alpha value is -1.54. The van der Waals surface area contributed by atoms with Crippen molar-refractivity contribution in [2.24, 2.45) is 0 Å². The van der Waals surface area contributed by atoms with E-state index in [1.54, 1.807) is 6.07 Å². The molecule has 2 aromatic rings. The number of pyridine rings is 1. The van der Waals surface area contributed by atoms with Crippen LogP contribution in [0.2, 0.25) is 5.15 Å². The minimum atomic E-state index is 0.511. The Balaban J connectivity index is 2.31. The molecule has 1 aromatic carbocycles. The fourth-order valence-electron chi connectivity index (χ4n) is 1.48. The summed E-state index contributed by atoms with van der Waals surface area (Å²) in [5.41, 5.74) is 2.34. The van der Waals surface area contributed by atoms with Gasteiger partial charge in [-0.05, 0) is 31.2 Å². The highest BCUT2D eigenvalue weighted by Gasteiger charge is 2.04. The van der Waals surface area contributed by atoms with Crippen LogP contribution in [-0.2, 0) is 0 Å². The lowest BCUT2D eigenvalue weighted by atomic mass is 10.2. The number of aryl methyl sites for hydroxylation is 1. The second kappa shape index (κ2) is 4.54. The average Bonchev–Trinajstić information content (AvgIpc) is 2.29.